The molecule has 0 bridgehead atoms. The third-order valence-electron chi connectivity index (χ3n) is 4.50. The largest absolute Gasteiger partial charge is 0.338 e. The number of nitrogens with zero attached hydrogens (tertiary/aromatic N) is 1. The molecule has 138 valence electrons. The molecule has 0 aromatic heterocycles. The van der Waals surface area contributed by atoms with Crippen molar-refractivity contribution in [2.75, 3.05) is 11.9 Å². The highest BCUT2D eigenvalue weighted by Gasteiger charge is 2.39. The molecule has 0 aliphatic heterocycles. The van der Waals surface area contributed by atoms with Crippen molar-refractivity contribution >= 4 is 29.1 Å². The topological polar surface area (TPSA) is 49.4 Å². The second kappa shape index (κ2) is 8.37. The summed E-state index contributed by atoms with van der Waals surface area (Å²) >= 11 is 6.11. The zero-order valence-corrected chi connectivity index (χ0v) is 16.4. The van der Waals surface area contributed by atoms with E-state index in [0.717, 1.165) is 11.1 Å². The Hall–Kier alpha value is -2.33. The summed E-state index contributed by atoms with van der Waals surface area (Å²) in [6.07, 6.45) is 0. The maximum Gasteiger partial charge on any atom is 0.239 e. The predicted octanol–water partition coefficient (Wildman–Crippen LogP) is 4.66. The Bertz CT molecular complexity index is 788. The van der Waals surface area contributed by atoms with Crippen LogP contribution in [0.2, 0.25) is 5.02 Å². The van der Waals surface area contributed by atoms with Crippen LogP contribution >= 0.6 is 11.6 Å². The van der Waals surface area contributed by atoms with Crippen molar-refractivity contribution in [3.63, 3.8) is 0 Å². The fourth-order valence-electron chi connectivity index (χ4n) is 2.64. The summed E-state index contributed by atoms with van der Waals surface area (Å²) in [6, 6.07) is 15.1. The summed E-state index contributed by atoms with van der Waals surface area (Å²) < 4.78 is 0. The van der Waals surface area contributed by atoms with Crippen molar-refractivity contribution in [2.45, 2.75) is 34.2 Å². The summed E-state index contributed by atoms with van der Waals surface area (Å²) in [5.74, 6) is -0.555. The number of nitrogens with one attached hydrogen (secondary N) is 1. The molecule has 2 aromatic carbocycles. The molecule has 0 atom stereocenters. The standard InChI is InChI=1S/C21H25ClN2O2/c1-5-24(14-16-10-7-6-8-11-16)20(26)21(3,4)19(25)23-18-13-9-12-17(22)15(18)2/h6-13H,5,14H2,1-4H3,(H,23,25). The summed E-state index contributed by atoms with van der Waals surface area (Å²) in [5.41, 5.74) is 1.24. The maximum absolute atomic E-state index is 13.0. The number of anilines is 1. The van der Waals surface area contributed by atoms with E-state index in [4.69, 9.17) is 11.6 Å². The van der Waals surface area contributed by atoms with Crippen molar-refractivity contribution in [1.82, 2.24) is 4.90 Å². The molecule has 0 aliphatic carbocycles. The van der Waals surface area contributed by atoms with Crippen LogP contribution in [-0.4, -0.2) is 23.3 Å². The molecular formula is C21H25ClN2O2. The van der Waals surface area contributed by atoms with Gasteiger partial charge in [0.05, 0.1) is 0 Å². The fraction of sp³-hybridized carbons (Fsp3) is 0.333. The number of amides is 2. The van der Waals surface area contributed by atoms with Crippen LogP contribution in [0.1, 0.15) is 31.9 Å². The van der Waals surface area contributed by atoms with Gasteiger partial charge in [-0.3, -0.25) is 9.59 Å². The van der Waals surface area contributed by atoms with Gasteiger partial charge in [0.25, 0.3) is 0 Å². The second-order valence-corrected chi connectivity index (χ2v) is 7.20. The lowest BCUT2D eigenvalue weighted by Gasteiger charge is -2.30. The van der Waals surface area contributed by atoms with E-state index in [9.17, 15) is 9.59 Å². The Morgan fingerprint density at radius 1 is 1.08 bits per heavy atom. The Labute approximate surface area is 160 Å². The lowest BCUT2D eigenvalue weighted by Crippen LogP contribution is -2.47. The van der Waals surface area contributed by atoms with Crippen molar-refractivity contribution < 1.29 is 9.59 Å². The van der Waals surface area contributed by atoms with Gasteiger partial charge >= 0.3 is 0 Å². The normalized spacial score (nSPS) is 11.1. The van der Waals surface area contributed by atoms with Crippen LogP contribution in [0, 0.1) is 12.3 Å². The molecule has 2 aromatic rings. The number of halogens is 1. The highest BCUT2D eigenvalue weighted by molar-refractivity contribution is 6.31. The first-order valence-electron chi connectivity index (χ1n) is 8.67. The van der Waals surface area contributed by atoms with Gasteiger partial charge in [0, 0.05) is 23.8 Å². The van der Waals surface area contributed by atoms with E-state index in [1.807, 2.05) is 44.2 Å². The molecule has 0 spiro atoms. The lowest BCUT2D eigenvalue weighted by atomic mass is 9.89. The average molecular weight is 373 g/mol. The molecule has 1 N–H and O–H groups in total. The monoisotopic (exact) mass is 372 g/mol. The Kier molecular flexibility index (Phi) is 6.43. The zero-order chi connectivity index (χ0) is 19.3. The summed E-state index contributed by atoms with van der Waals surface area (Å²) in [6.45, 7) is 8.05. The second-order valence-electron chi connectivity index (χ2n) is 6.80. The Morgan fingerprint density at radius 3 is 2.35 bits per heavy atom. The summed E-state index contributed by atoms with van der Waals surface area (Å²) in [7, 11) is 0. The number of hydrogen-bond donors (Lipinski definition) is 1. The Morgan fingerprint density at radius 2 is 1.73 bits per heavy atom. The first-order chi connectivity index (χ1) is 12.3. The molecule has 0 heterocycles. The fourth-order valence-corrected chi connectivity index (χ4v) is 2.82. The number of hydrogen-bond acceptors (Lipinski definition) is 2. The number of carbonyl (C=O) groups excluding carboxylic acids is 2. The molecular weight excluding hydrogens is 348 g/mol. The highest BCUT2D eigenvalue weighted by atomic mass is 35.5. The first kappa shape index (κ1) is 20.0. The zero-order valence-electron chi connectivity index (χ0n) is 15.7. The van der Waals surface area contributed by atoms with Crippen LogP contribution in [0.15, 0.2) is 48.5 Å². The van der Waals surface area contributed by atoms with Crippen molar-refractivity contribution in [1.29, 1.82) is 0 Å². The van der Waals surface area contributed by atoms with Gasteiger partial charge in [-0.25, -0.2) is 0 Å². The molecule has 0 fully saturated rings. The van der Waals surface area contributed by atoms with E-state index < -0.39 is 5.41 Å². The van der Waals surface area contributed by atoms with Crippen LogP contribution in [0.4, 0.5) is 5.69 Å². The lowest BCUT2D eigenvalue weighted by molar-refractivity contribution is -0.146. The third-order valence-corrected chi connectivity index (χ3v) is 4.91. The minimum atomic E-state index is -1.19. The van der Waals surface area contributed by atoms with Crippen LogP contribution in [0.25, 0.3) is 0 Å². The van der Waals surface area contributed by atoms with Gasteiger partial charge < -0.3 is 10.2 Å². The highest BCUT2D eigenvalue weighted by Crippen LogP contribution is 2.27. The van der Waals surface area contributed by atoms with Gasteiger partial charge in [-0.15, -0.1) is 0 Å². The quantitative estimate of drug-likeness (QED) is 0.749. The van der Waals surface area contributed by atoms with Crippen LogP contribution in [-0.2, 0) is 16.1 Å². The van der Waals surface area contributed by atoms with Gasteiger partial charge in [-0.1, -0.05) is 48.0 Å². The van der Waals surface area contributed by atoms with Crippen molar-refractivity contribution in [3.8, 4) is 0 Å². The first-order valence-corrected chi connectivity index (χ1v) is 9.05. The molecule has 0 saturated heterocycles. The Balaban J connectivity index is 2.16. The molecule has 4 nitrogen and oxygen atoms in total. The van der Waals surface area contributed by atoms with E-state index in [2.05, 4.69) is 5.32 Å². The van der Waals surface area contributed by atoms with Crippen molar-refractivity contribution in [3.05, 3.63) is 64.7 Å². The van der Waals surface area contributed by atoms with E-state index in [1.165, 1.54) is 0 Å². The van der Waals surface area contributed by atoms with Gasteiger partial charge in [-0.2, -0.15) is 0 Å². The van der Waals surface area contributed by atoms with Gasteiger partial charge in [0.2, 0.25) is 11.8 Å². The minimum absolute atomic E-state index is 0.207. The molecule has 5 heteroatoms. The van der Waals surface area contributed by atoms with E-state index in [1.54, 1.807) is 36.9 Å². The molecule has 2 amide bonds. The molecule has 0 radical (unpaired) electrons. The summed E-state index contributed by atoms with van der Waals surface area (Å²) in [4.78, 5) is 27.5. The van der Waals surface area contributed by atoms with Crippen LogP contribution < -0.4 is 5.32 Å². The number of carbonyl (C=O) groups is 2. The molecule has 2 rings (SSSR count). The van der Waals surface area contributed by atoms with Crippen LogP contribution in [0.3, 0.4) is 0 Å². The van der Waals surface area contributed by atoms with Gasteiger partial charge in [-0.05, 0) is 51.0 Å². The third kappa shape index (κ3) is 4.44. The van der Waals surface area contributed by atoms with E-state index in [-0.39, 0.29) is 11.8 Å². The minimum Gasteiger partial charge on any atom is -0.338 e. The molecule has 0 saturated carbocycles. The molecule has 0 unspecified atom stereocenters. The van der Waals surface area contributed by atoms with Crippen molar-refractivity contribution in [2.24, 2.45) is 5.41 Å². The van der Waals surface area contributed by atoms with Crippen LogP contribution in [0.5, 0.6) is 0 Å². The smallest absolute Gasteiger partial charge is 0.239 e. The molecule has 0 aliphatic rings. The summed E-state index contributed by atoms with van der Waals surface area (Å²) in [5, 5.41) is 3.42. The molecule has 26 heavy (non-hydrogen) atoms. The number of rotatable bonds is 6. The predicted molar refractivity (Wildman–Crippen MR) is 106 cm³/mol. The number of benzene rings is 2. The maximum atomic E-state index is 13.0. The van der Waals surface area contributed by atoms with Gasteiger partial charge in [0.15, 0.2) is 0 Å². The van der Waals surface area contributed by atoms with Gasteiger partial charge in [0.1, 0.15) is 5.41 Å². The van der Waals surface area contributed by atoms with E-state index in [0.29, 0.717) is 23.8 Å². The average Bonchev–Trinajstić information content (AvgIpc) is 2.63. The van der Waals surface area contributed by atoms with E-state index >= 15 is 0 Å². The SMILES string of the molecule is CCN(Cc1ccccc1)C(=O)C(C)(C)C(=O)Nc1cccc(Cl)c1C.